The van der Waals surface area contributed by atoms with Crippen molar-refractivity contribution in [2.45, 2.75) is 64.8 Å². The lowest BCUT2D eigenvalue weighted by Gasteiger charge is -2.36. The first-order valence-corrected chi connectivity index (χ1v) is 7.96. The molecule has 0 spiro atoms. The molecular weight excluding hydrogens is 230 g/mol. The third-order valence-corrected chi connectivity index (χ3v) is 4.83. The highest BCUT2D eigenvalue weighted by atomic mass is 14.7. The quantitative estimate of drug-likeness (QED) is 0.846. The van der Waals surface area contributed by atoms with Gasteiger partial charge in [0.05, 0.1) is 0 Å². The Bertz CT molecular complexity index is 379. The second-order valence-corrected chi connectivity index (χ2v) is 6.58. The molecule has 0 radical (unpaired) electrons. The molecule has 19 heavy (non-hydrogen) atoms. The molecule has 2 rings (SSSR count). The van der Waals surface area contributed by atoms with Crippen molar-refractivity contribution in [1.29, 1.82) is 0 Å². The molecule has 0 aromatic heterocycles. The summed E-state index contributed by atoms with van der Waals surface area (Å²) in [5, 5.41) is 0. The summed E-state index contributed by atoms with van der Waals surface area (Å²) in [4.78, 5) is 0. The molecule has 1 aromatic rings. The van der Waals surface area contributed by atoms with Crippen molar-refractivity contribution in [2.24, 2.45) is 17.6 Å². The zero-order chi connectivity index (χ0) is 13.8. The second-order valence-electron chi connectivity index (χ2n) is 6.58. The summed E-state index contributed by atoms with van der Waals surface area (Å²) in [5.74, 6) is 2.20. The van der Waals surface area contributed by atoms with Crippen LogP contribution in [0.15, 0.2) is 24.3 Å². The summed E-state index contributed by atoms with van der Waals surface area (Å²) >= 11 is 0. The highest BCUT2D eigenvalue weighted by molar-refractivity contribution is 5.27. The van der Waals surface area contributed by atoms with E-state index in [9.17, 15) is 0 Å². The van der Waals surface area contributed by atoms with Crippen LogP contribution in [0.25, 0.3) is 0 Å². The van der Waals surface area contributed by atoms with Gasteiger partial charge in [-0.3, -0.25) is 0 Å². The molecule has 1 aromatic carbocycles. The van der Waals surface area contributed by atoms with E-state index in [4.69, 9.17) is 5.73 Å². The third-order valence-electron chi connectivity index (χ3n) is 4.83. The summed E-state index contributed by atoms with van der Waals surface area (Å²) < 4.78 is 0. The second kappa shape index (κ2) is 6.56. The number of nitrogens with two attached hydrogens (primary N) is 1. The number of rotatable bonds is 4. The van der Waals surface area contributed by atoms with Crippen molar-refractivity contribution in [3.63, 3.8) is 0 Å². The highest BCUT2D eigenvalue weighted by Crippen LogP contribution is 2.38. The standard InChI is InChI=1S/C18H29N/c1-4-5-14-6-8-15(9-7-14)17-12-16(13(2)3)10-11-18(17)19/h6-9,13,16-18H,4-5,10-12,19H2,1-3H3. The summed E-state index contributed by atoms with van der Waals surface area (Å²) in [6.07, 6.45) is 6.17. The molecule has 0 aliphatic heterocycles. The van der Waals surface area contributed by atoms with Gasteiger partial charge in [-0.1, -0.05) is 51.5 Å². The third kappa shape index (κ3) is 3.60. The van der Waals surface area contributed by atoms with E-state index in [1.807, 2.05) is 0 Å². The van der Waals surface area contributed by atoms with Gasteiger partial charge in [0.25, 0.3) is 0 Å². The average Bonchev–Trinajstić information content (AvgIpc) is 2.40. The number of hydrogen-bond donors (Lipinski definition) is 1. The van der Waals surface area contributed by atoms with E-state index < -0.39 is 0 Å². The van der Waals surface area contributed by atoms with Gasteiger partial charge in [-0.15, -0.1) is 0 Å². The van der Waals surface area contributed by atoms with E-state index in [0.717, 1.165) is 11.8 Å². The first-order chi connectivity index (χ1) is 9.11. The molecule has 1 saturated carbocycles. The molecule has 0 heterocycles. The molecule has 1 fully saturated rings. The Morgan fingerprint density at radius 3 is 2.42 bits per heavy atom. The van der Waals surface area contributed by atoms with Gasteiger partial charge in [0.1, 0.15) is 0 Å². The maximum absolute atomic E-state index is 6.37. The molecule has 0 saturated heterocycles. The van der Waals surface area contributed by atoms with E-state index in [1.54, 1.807) is 0 Å². The number of aryl methyl sites for hydroxylation is 1. The maximum atomic E-state index is 6.37. The van der Waals surface area contributed by atoms with Crippen LogP contribution in [0.4, 0.5) is 0 Å². The Labute approximate surface area is 118 Å². The van der Waals surface area contributed by atoms with Crippen molar-refractivity contribution in [1.82, 2.24) is 0 Å². The Morgan fingerprint density at radius 2 is 1.84 bits per heavy atom. The molecule has 1 nitrogen and oxygen atoms in total. The molecule has 0 bridgehead atoms. The number of benzene rings is 1. The van der Waals surface area contributed by atoms with Gasteiger partial charge in [-0.05, 0) is 54.6 Å². The van der Waals surface area contributed by atoms with Crippen molar-refractivity contribution >= 4 is 0 Å². The molecule has 2 N–H and O–H groups in total. The number of hydrogen-bond acceptors (Lipinski definition) is 1. The van der Waals surface area contributed by atoms with E-state index >= 15 is 0 Å². The normalized spacial score (nSPS) is 27.7. The summed E-state index contributed by atoms with van der Waals surface area (Å²) in [6.45, 7) is 6.93. The molecule has 1 heteroatoms. The average molecular weight is 259 g/mol. The Hall–Kier alpha value is -0.820. The van der Waals surface area contributed by atoms with Crippen molar-refractivity contribution < 1.29 is 0 Å². The monoisotopic (exact) mass is 259 g/mol. The van der Waals surface area contributed by atoms with Crippen LogP contribution in [0, 0.1) is 11.8 Å². The van der Waals surface area contributed by atoms with Crippen LogP contribution in [-0.2, 0) is 6.42 Å². The first-order valence-electron chi connectivity index (χ1n) is 7.96. The summed E-state index contributed by atoms with van der Waals surface area (Å²) in [5.41, 5.74) is 9.28. The Balaban J connectivity index is 2.09. The minimum atomic E-state index is 0.354. The van der Waals surface area contributed by atoms with Gasteiger partial charge in [0.2, 0.25) is 0 Å². The summed E-state index contributed by atoms with van der Waals surface area (Å²) in [6, 6.07) is 9.58. The molecular formula is C18H29N. The lowest BCUT2D eigenvalue weighted by molar-refractivity contribution is 0.232. The van der Waals surface area contributed by atoms with Crippen molar-refractivity contribution in [3.8, 4) is 0 Å². The van der Waals surface area contributed by atoms with Crippen LogP contribution in [0.3, 0.4) is 0 Å². The maximum Gasteiger partial charge on any atom is 0.0108 e. The van der Waals surface area contributed by atoms with Crippen LogP contribution >= 0.6 is 0 Å². The predicted octanol–water partition coefficient (Wildman–Crippen LogP) is 4.51. The summed E-state index contributed by atoms with van der Waals surface area (Å²) in [7, 11) is 0. The lowest BCUT2D eigenvalue weighted by Crippen LogP contribution is -2.35. The molecule has 3 unspecified atom stereocenters. The van der Waals surface area contributed by atoms with E-state index in [1.165, 1.54) is 43.2 Å². The van der Waals surface area contributed by atoms with Gasteiger partial charge < -0.3 is 5.73 Å². The van der Waals surface area contributed by atoms with Crippen LogP contribution in [-0.4, -0.2) is 6.04 Å². The van der Waals surface area contributed by atoms with Crippen LogP contribution in [0.1, 0.15) is 63.5 Å². The van der Waals surface area contributed by atoms with Gasteiger partial charge in [0, 0.05) is 6.04 Å². The Kier molecular flexibility index (Phi) is 5.04. The highest BCUT2D eigenvalue weighted by Gasteiger charge is 2.30. The van der Waals surface area contributed by atoms with Crippen LogP contribution < -0.4 is 5.73 Å². The molecule has 0 amide bonds. The Morgan fingerprint density at radius 1 is 1.16 bits per heavy atom. The van der Waals surface area contributed by atoms with E-state index in [2.05, 4.69) is 45.0 Å². The molecule has 1 aliphatic carbocycles. The molecule has 1 aliphatic rings. The van der Waals surface area contributed by atoms with Crippen LogP contribution in [0.2, 0.25) is 0 Å². The van der Waals surface area contributed by atoms with Gasteiger partial charge in [-0.25, -0.2) is 0 Å². The largest absolute Gasteiger partial charge is 0.327 e. The fourth-order valence-corrected chi connectivity index (χ4v) is 3.44. The van der Waals surface area contributed by atoms with Crippen molar-refractivity contribution in [3.05, 3.63) is 35.4 Å². The fraction of sp³-hybridized carbons (Fsp3) is 0.667. The first kappa shape index (κ1) is 14.6. The van der Waals surface area contributed by atoms with Gasteiger partial charge in [-0.2, -0.15) is 0 Å². The topological polar surface area (TPSA) is 26.0 Å². The lowest BCUT2D eigenvalue weighted by atomic mass is 9.71. The zero-order valence-corrected chi connectivity index (χ0v) is 12.7. The molecule has 106 valence electrons. The van der Waals surface area contributed by atoms with Crippen LogP contribution in [0.5, 0.6) is 0 Å². The van der Waals surface area contributed by atoms with E-state index in [0.29, 0.717) is 12.0 Å². The fourth-order valence-electron chi connectivity index (χ4n) is 3.44. The zero-order valence-electron chi connectivity index (χ0n) is 12.7. The smallest absolute Gasteiger partial charge is 0.0108 e. The van der Waals surface area contributed by atoms with E-state index in [-0.39, 0.29) is 0 Å². The SMILES string of the molecule is CCCc1ccc(C2CC(C(C)C)CCC2N)cc1. The minimum absolute atomic E-state index is 0.354. The molecule has 3 atom stereocenters. The van der Waals surface area contributed by atoms with Gasteiger partial charge in [0.15, 0.2) is 0 Å². The van der Waals surface area contributed by atoms with Gasteiger partial charge >= 0.3 is 0 Å². The predicted molar refractivity (Wildman–Crippen MR) is 83.3 cm³/mol. The minimum Gasteiger partial charge on any atom is -0.327 e. The van der Waals surface area contributed by atoms with Crippen molar-refractivity contribution in [2.75, 3.05) is 0 Å².